The van der Waals surface area contributed by atoms with Crippen LogP contribution in [0.1, 0.15) is 33.3 Å². The lowest BCUT2D eigenvalue weighted by Gasteiger charge is -2.30. The number of hydrogen-bond acceptors (Lipinski definition) is 2. The summed E-state index contributed by atoms with van der Waals surface area (Å²) in [6.45, 7) is 8.54. The van der Waals surface area contributed by atoms with E-state index in [-0.39, 0.29) is 5.41 Å². The Morgan fingerprint density at radius 2 is 1.81 bits per heavy atom. The SMILES string of the molecule is CC(C)C(C)(C)C(Cc1ccccc1)=NO. The Hall–Kier alpha value is -1.31. The van der Waals surface area contributed by atoms with Gasteiger partial charge >= 0.3 is 0 Å². The summed E-state index contributed by atoms with van der Waals surface area (Å²) < 4.78 is 0. The van der Waals surface area contributed by atoms with Crippen LogP contribution in [0.5, 0.6) is 0 Å². The molecule has 0 saturated carbocycles. The molecule has 2 nitrogen and oxygen atoms in total. The standard InChI is InChI=1S/C14H21NO/c1-11(2)14(3,4)13(15-16)10-12-8-6-5-7-9-12/h5-9,11,16H,10H2,1-4H3. The number of rotatable bonds is 4. The average molecular weight is 219 g/mol. The monoisotopic (exact) mass is 219 g/mol. The van der Waals surface area contributed by atoms with E-state index in [1.54, 1.807) is 0 Å². The van der Waals surface area contributed by atoms with Gasteiger partial charge in [-0.1, -0.05) is 63.2 Å². The zero-order chi connectivity index (χ0) is 12.2. The summed E-state index contributed by atoms with van der Waals surface area (Å²) in [4.78, 5) is 0. The van der Waals surface area contributed by atoms with Crippen molar-refractivity contribution in [2.45, 2.75) is 34.1 Å². The molecule has 0 aromatic heterocycles. The van der Waals surface area contributed by atoms with Crippen molar-refractivity contribution in [1.29, 1.82) is 0 Å². The van der Waals surface area contributed by atoms with E-state index in [1.165, 1.54) is 5.56 Å². The Labute approximate surface area is 98.0 Å². The van der Waals surface area contributed by atoms with E-state index in [0.29, 0.717) is 12.3 Å². The summed E-state index contributed by atoms with van der Waals surface area (Å²) in [5.74, 6) is 0.446. The summed E-state index contributed by atoms with van der Waals surface area (Å²) in [6.07, 6.45) is 0.711. The van der Waals surface area contributed by atoms with Gasteiger partial charge in [0.05, 0.1) is 5.71 Å². The highest BCUT2D eigenvalue weighted by molar-refractivity contribution is 5.91. The maximum atomic E-state index is 9.16. The van der Waals surface area contributed by atoms with Crippen LogP contribution in [0.3, 0.4) is 0 Å². The largest absolute Gasteiger partial charge is 0.411 e. The molecule has 2 heteroatoms. The van der Waals surface area contributed by atoms with Crippen molar-refractivity contribution in [3.05, 3.63) is 35.9 Å². The molecule has 0 radical (unpaired) electrons. The quantitative estimate of drug-likeness (QED) is 0.467. The van der Waals surface area contributed by atoms with E-state index in [9.17, 15) is 0 Å². The van der Waals surface area contributed by atoms with Crippen LogP contribution in [0, 0.1) is 11.3 Å². The summed E-state index contributed by atoms with van der Waals surface area (Å²) in [6, 6.07) is 10.1. The number of oxime groups is 1. The maximum Gasteiger partial charge on any atom is 0.0673 e. The van der Waals surface area contributed by atoms with E-state index in [2.05, 4.69) is 45.0 Å². The summed E-state index contributed by atoms with van der Waals surface area (Å²) in [5.41, 5.74) is 1.95. The molecule has 0 saturated heterocycles. The van der Waals surface area contributed by atoms with Gasteiger partial charge < -0.3 is 5.21 Å². The first-order valence-corrected chi connectivity index (χ1v) is 5.73. The summed E-state index contributed by atoms with van der Waals surface area (Å²) in [7, 11) is 0. The third kappa shape index (κ3) is 2.84. The molecule has 0 atom stereocenters. The minimum atomic E-state index is -0.0788. The van der Waals surface area contributed by atoms with Crippen molar-refractivity contribution in [3.8, 4) is 0 Å². The van der Waals surface area contributed by atoms with Gasteiger partial charge in [-0.2, -0.15) is 0 Å². The fourth-order valence-corrected chi connectivity index (χ4v) is 1.51. The number of benzene rings is 1. The first-order valence-electron chi connectivity index (χ1n) is 5.73. The molecule has 1 N–H and O–H groups in total. The molecule has 1 rings (SSSR count). The summed E-state index contributed by atoms with van der Waals surface area (Å²) >= 11 is 0. The highest BCUT2D eigenvalue weighted by Crippen LogP contribution is 2.29. The molecule has 1 aromatic rings. The average Bonchev–Trinajstić information content (AvgIpc) is 2.26. The Bertz CT molecular complexity index is 352. The molecule has 0 aliphatic carbocycles. The Morgan fingerprint density at radius 1 is 1.25 bits per heavy atom. The molecule has 16 heavy (non-hydrogen) atoms. The van der Waals surface area contributed by atoms with Crippen LogP contribution in [0.4, 0.5) is 0 Å². The maximum absolute atomic E-state index is 9.16. The molecule has 88 valence electrons. The molecule has 0 bridgehead atoms. The van der Waals surface area contributed by atoms with Crippen LogP contribution in [-0.4, -0.2) is 10.9 Å². The third-order valence-electron chi connectivity index (χ3n) is 3.52. The van der Waals surface area contributed by atoms with Crippen molar-refractivity contribution in [2.75, 3.05) is 0 Å². The minimum absolute atomic E-state index is 0.0788. The van der Waals surface area contributed by atoms with E-state index in [1.807, 2.05) is 18.2 Å². The van der Waals surface area contributed by atoms with Gasteiger partial charge in [-0.15, -0.1) is 0 Å². The van der Waals surface area contributed by atoms with E-state index < -0.39 is 0 Å². The first-order chi connectivity index (χ1) is 7.48. The van der Waals surface area contributed by atoms with Crippen LogP contribution in [0.25, 0.3) is 0 Å². The lowest BCUT2D eigenvalue weighted by atomic mass is 9.75. The van der Waals surface area contributed by atoms with Crippen molar-refractivity contribution >= 4 is 5.71 Å². The Morgan fingerprint density at radius 3 is 2.25 bits per heavy atom. The zero-order valence-electron chi connectivity index (χ0n) is 10.6. The normalized spacial score (nSPS) is 13.2. The summed E-state index contributed by atoms with van der Waals surface area (Å²) in [5, 5.41) is 12.7. The number of hydrogen-bond donors (Lipinski definition) is 1. The molecule has 1 aromatic carbocycles. The molecule has 0 amide bonds. The van der Waals surface area contributed by atoms with Gasteiger partial charge in [0.15, 0.2) is 0 Å². The van der Waals surface area contributed by atoms with E-state index in [4.69, 9.17) is 5.21 Å². The zero-order valence-corrected chi connectivity index (χ0v) is 10.6. The van der Waals surface area contributed by atoms with Crippen LogP contribution >= 0.6 is 0 Å². The van der Waals surface area contributed by atoms with E-state index >= 15 is 0 Å². The van der Waals surface area contributed by atoms with Gasteiger partial charge in [0.25, 0.3) is 0 Å². The second kappa shape index (κ2) is 5.15. The third-order valence-corrected chi connectivity index (χ3v) is 3.52. The highest BCUT2D eigenvalue weighted by atomic mass is 16.4. The fraction of sp³-hybridized carbons (Fsp3) is 0.500. The Balaban J connectivity index is 2.87. The predicted molar refractivity (Wildman–Crippen MR) is 68.0 cm³/mol. The lowest BCUT2D eigenvalue weighted by molar-refractivity contribution is 0.290. The smallest absolute Gasteiger partial charge is 0.0673 e. The molecule has 0 aliphatic rings. The molecular weight excluding hydrogens is 198 g/mol. The van der Waals surface area contributed by atoms with Crippen molar-refractivity contribution in [3.63, 3.8) is 0 Å². The van der Waals surface area contributed by atoms with Gasteiger partial charge in [0.2, 0.25) is 0 Å². The molecular formula is C14H21NO. The van der Waals surface area contributed by atoms with Gasteiger partial charge in [-0.05, 0) is 11.5 Å². The lowest BCUT2D eigenvalue weighted by Crippen LogP contribution is -2.31. The molecule has 0 unspecified atom stereocenters. The van der Waals surface area contributed by atoms with Crippen molar-refractivity contribution in [2.24, 2.45) is 16.5 Å². The van der Waals surface area contributed by atoms with E-state index in [0.717, 1.165) is 5.71 Å². The first kappa shape index (κ1) is 12.8. The van der Waals surface area contributed by atoms with Crippen LogP contribution in [0.2, 0.25) is 0 Å². The highest BCUT2D eigenvalue weighted by Gasteiger charge is 2.29. The Kier molecular flexibility index (Phi) is 4.11. The molecule has 0 aliphatic heterocycles. The van der Waals surface area contributed by atoms with Crippen molar-refractivity contribution < 1.29 is 5.21 Å². The van der Waals surface area contributed by atoms with Crippen LogP contribution < -0.4 is 0 Å². The van der Waals surface area contributed by atoms with Crippen LogP contribution in [-0.2, 0) is 6.42 Å². The number of nitrogens with zero attached hydrogens (tertiary/aromatic N) is 1. The fourth-order valence-electron chi connectivity index (χ4n) is 1.51. The van der Waals surface area contributed by atoms with Crippen molar-refractivity contribution in [1.82, 2.24) is 0 Å². The molecule has 0 fully saturated rings. The van der Waals surface area contributed by atoms with Gasteiger partial charge in [-0.3, -0.25) is 0 Å². The second-order valence-corrected chi connectivity index (χ2v) is 5.09. The second-order valence-electron chi connectivity index (χ2n) is 5.09. The van der Waals surface area contributed by atoms with Gasteiger partial charge in [0.1, 0.15) is 0 Å². The van der Waals surface area contributed by atoms with Gasteiger partial charge in [0, 0.05) is 11.8 Å². The predicted octanol–water partition coefficient (Wildman–Crippen LogP) is 3.74. The van der Waals surface area contributed by atoms with Gasteiger partial charge in [-0.25, -0.2) is 0 Å². The molecule has 0 heterocycles. The minimum Gasteiger partial charge on any atom is -0.411 e. The topological polar surface area (TPSA) is 32.6 Å². The molecule has 0 spiro atoms. The van der Waals surface area contributed by atoms with Crippen LogP contribution in [0.15, 0.2) is 35.5 Å².